The molecule has 7 heteroatoms. The number of nitrogens with one attached hydrogen (secondary N) is 1. The molecule has 0 aromatic heterocycles. The van der Waals surface area contributed by atoms with Crippen LogP contribution in [0.4, 0.5) is 5.69 Å². The summed E-state index contributed by atoms with van der Waals surface area (Å²) in [5.41, 5.74) is 3.30. The van der Waals surface area contributed by atoms with Gasteiger partial charge in [0.1, 0.15) is 5.75 Å². The lowest BCUT2D eigenvalue weighted by Crippen LogP contribution is -2.21. The summed E-state index contributed by atoms with van der Waals surface area (Å²) in [6.45, 7) is 5.66. The van der Waals surface area contributed by atoms with E-state index in [2.05, 4.69) is 5.32 Å². The minimum absolute atomic E-state index is 0.157. The topological polar surface area (TPSA) is 64.6 Å². The number of carbonyl (C=O) groups excluding carboxylic acids is 2. The molecule has 0 aliphatic rings. The predicted octanol–water partition coefficient (Wildman–Crippen LogP) is 5.26. The van der Waals surface area contributed by atoms with Crippen LogP contribution in [0.25, 0.3) is 0 Å². The van der Waals surface area contributed by atoms with Crippen molar-refractivity contribution in [1.29, 1.82) is 0 Å². The third kappa shape index (κ3) is 6.73. The molecule has 1 N–H and O–H groups in total. The molecule has 0 unspecified atom stereocenters. The number of esters is 1. The standard InChI is InChI=1S/C21H23Cl2NO4/c1-13-9-15(3)21(18(23)10-13)24-19(25)12-28-20(26)5-4-8-27-16-6-7-17(22)14(2)11-16/h6-7,9-11H,4-5,8,12H2,1-3H3,(H,24,25). The maximum atomic E-state index is 12.0. The lowest BCUT2D eigenvalue weighted by molar-refractivity contribution is -0.147. The lowest BCUT2D eigenvalue weighted by Gasteiger charge is -2.12. The predicted molar refractivity (Wildman–Crippen MR) is 111 cm³/mol. The number of ether oxygens (including phenoxy) is 2. The molecule has 2 rings (SSSR count). The van der Waals surface area contributed by atoms with Crippen LogP contribution in [0, 0.1) is 20.8 Å². The second-order valence-corrected chi connectivity index (χ2v) is 7.32. The highest BCUT2D eigenvalue weighted by Gasteiger charge is 2.12. The Morgan fingerprint density at radius 2 is 1.75 bits per heavy atom. The molecule has 0 atom stereocenters. The highest BCUT2D eigenvalue weighted by molar-refractivity contribution is 6.34. The van der Waals surface area contributed by atoms with Gasteiger partial charge in [-0.05, 0) is 68.1 Å². The molecule has 0 spiro atoms. The zero-order chi connectivity index (χ0) is 20.7. The first-order valence-electron chi connectivity index (χ1n) is 8.87. The molecule has 0 bridgehead atoms. The van der Waals surface area contributed by atoms with Crippen LogP contribution in [0.1, 0.15) is 29.5 Å². The Morgan fingerprint density at radius 3 is 2.43 bits per heavy atom. The van der Waals surface area contributed by atoms with Crippen molar-refractivity contribution >= 4 is 40.8 Å². The summed E-state index contributed by atoms with van der Waals surface area (Å²) in [5, 5.41) is 3.80. The number of anilines is 1. The molecule has 0 saturated carbocycles. The van der Waals surface area contributed by atoms with E-state index in [9.17, 15) is 9.59 Å². The molecule has 0 aliphatic heterocycles. The average molecular weight is 424 g/mol. The van der Waals surface area contributed by atoms with Gasteiger partial charge in [0, 0.05) is 11.4 Å². The van der Waals surface area contributed by atoms with Gasteiger partial charge in [-0.2, -0.15) is 0 Å². The molecular weight excluding hydrogens is 401 g/mol. The van der Waals surface area contributed by atoms with E-state index in [4.69, 9.17) is 32.7 Å². The number of amides is 1. The maximum absolute atomic E-state index is 12.0. The first kappa shape index (κ1) is 22.1. The molecule has 2 aromatic carbocycles. The fourth-order valence-corrected chi connectivity index (χ4v) is 3.07. The summed E-state index contributed by atoms with van der Waals surface area (Å²) in [4.78, 5) is 23.8. The van der Waals surface area contributed by atoms with E-state index in [0.717, 1.165) is 16.7 Å². The number of rotatable bonds is 8. The molecule has 0 fully saturated rings. The number of carbonyl (C=O) groups is 2. The summed E-state index contributed by atoms with van der Waals surface area (Å²) < 4.78 is 10.6. The normalized spacial score (nSPS) is 10.5. The van der Waals surface area contributed by atoms with E-state index in [0.29, 0.717) is 34.5 Å². The molecule has 0 heterocycles. The van der Waals surface area contributed by atoms with Gasteiger partial charge in [0.15, 0.2) is 6.61 Å². The van der Waals surface area contributed by atoms with Crippen molar-refractivity contribution < 1.29 is 19.1 Å². The lowest BCUT2D eigenvalue weighted by atomic mass is 10.1. The number of aryl methyl sites for hydroxylation is 3. The third-order valence-corrected chi connectivity index (χ3v) is 4.71. The van der Waals surface area contributed by atoms with Gasteiger partial charge < -0.3 is 14.8 Å². The van der Waals surface area contributed by atoms with Crippen molar-refractivity contribution in [3.63, 3.8) is 0 Å². The van der Waals surface area contributed by atoms with Gasteiger partial charge in [0.25, 0.3) is 5.91 Å². The average Bonchev–Trinajstić information content (AvgIpc) is 2.63. The van der Waals surface area contributed by atoms with Crippen LogP contribution in [0.3, 0.4) is 0 Å². The maximum Gasteiger partial charge on any atom is 0.306 e. The van der Waals surface area contributed by atoms with Gasteiger partial charge >= 0.3 is 5.97 Å². The smallest absolute Gasteiger partial charge is 0.306 e. The van der Waals surface area contributed by atoms with E-state index in [1.807, 2.05) is 32.9 Å². The molecule has 150 valence electrons. The van der Waals surface area contributed by atoms with Crippen LogP contribution < -0.4 is 10.1 Å². The second kappa shape index (κ2) is 10.3. The Morgan fingerprint density at radius 1 is 1.00 bits per heavy atom. The molecule has 0 saturated heterocycles. The number of hydrogen-bond acceptors (Lipinski definition) is 4. The van der Waals surface area contributed by atoms with E-state index < -0.39 is 11.9 Å². The van der Waals surface area contributed by atoms with E-state index in [1.165, 1.54) is 0 Å². The molecule has 0 radical (unpaired) electrons. The Kier molecular flexibility index (Phi) is 8.15. The van der Waals surface area contributed by atoms with Crippen molar-refractivity contribution in [3.05, 3.63) is 57.1 Å². The van der Waals surface area contributed by atoms with Crippen molar-refractivity contribution in [2.75, 3.05) is 18.5 Å². The highest BCUT2D eigenvalue weighted by atomic mass is 35.5. The molecule has 2 aromatic rings. The summed E-state index contributed by atoms with van der Waals surface area (Å²) in [6.07, 6.45) is 0.634. The van der Waals surface area contributed by atoms with Crippen LogP contribution in [0.15, 0.2) is 30.3 Å². The Bertz CT molecular complexity index is 844. The van der Waals surface area contributed by atoms with E-state index in [-0.39, 0.29) is 13.0 Å². The SMILES string of the molecule is Cc1cc(C)c(NC(=O)COC(=O)CCCOc2ccc(Cl)c(C)c2)c(Cl)c1. The fraction of sp³-hybridized carbons (Fsp3) is 0.333. The molecule has 0 aliphatic carbocycles. The molecular formula is C21H23Cl2NO4. The zero-order valence-corrected chi connectivity index (χ0v) is 17.6. The Hall–Kier alpha value is -2.24. The number of hydrogen-bond donors (Lipinski definition) is 1. The molecule has 28 heavy (non-hydrogen) atoms. The minimum Gasteiger partial charge on any atom is -0.494 e. The van der Waals surface area contributed by atoms with Gasteiger partial charge in [-0.25, -0.2) is 0 Å². The summed E-state index contributed by atoms with van der Waals surface area (Å²) in [6, 6.07) is 9.05. The second-order valence-electron chi connectivity index (χ2n) is 6.51. The van der Waals surface area contributed by atoms with Gasteiger partial charge in [-0.1, -0.05) is 29.3 Å². The quantitative estimate of drug-likeness (QED) is 0.464. The minimum atomic E-state index is -0.460. The van der Waals surface area contributed by atoms with Crippen molar-refractivity contribution in [2.45, 2.75) is 33.6 Å². The first-order chi connectivity index (χ1) is 13.3. The van der Waals surface area contributed by atoms with Crippen LogP contribution in [0.5, 0.6) is 5.75 Å². The van der Waals surface area contributed by atoms with Crippen LogP contribution in [0.2, 0.25) is 10.0 Å². The third-order valence-electron chi connectivity index (χ3n) is 3.98. The molecule has 5 nitrogen and oxygen atoms in total. The molecule has 1 amide bonds. The number of halogens is 2. The Balaban J connectivity index is 1.69. The van der Waals surface area contributed by atoms with E-state index in [1.54, 1.807) is 18.2 Å². The van der Waals surface area contributed by atoms with Crippen LogP contribution in [-0.4, -0.2) is 25.1 Å². The van der Waals surface area contributed by atoms with Crippen molar-refractivity contribution in [3.8, 4) is 5.75 Å². The Labute approximate surface area is 174 Å². The van der Waals surface area contributed by atoms with Crippen LogP contribution >= 0.6 is 23.2 Å². The zero-order valence-electron chi connectivity index (χ0n) is 16.1. The van der Waals surface area contributed by atoms with E-state index >= 15 is 0 Å². The summed E-state index contributed by atoms with van der Waals surface area (Å²) >= 11 is 12.1. The monoisotopic (exact) mass is 423 g/mol. The number of benzene rings is 2. The van der Waals surface area contributed by atoms with Crippen molar-refractivity contribution in [1.82, 2.24) is 0 Å². The van der Waals surface area contributed by atoms with Gasteiger partial charge in [-0.3, -0.25) is 9.59 Å². The largest absolute Gasteiger partial charge is 0.494 e. The van der Waals surface area contributed by atoms with Gasteiger partial charge in [0.2, 0.25) is 0 Å². The fourth-order valence-electron chi connectivity index (χ4n) is 2.58. The summed E-state index contributed by atoms with van der Waals surface area (Å²) in [5.74, 6) is -0.201. The van der Waals surface area contributed by atoms with Crippen LogP contribution in [-0.2, 0) is 14.3 Å². The van der Waals surface area contributed by atoms with Crippen molar-refractivity contribution in [2.24, 2.45) is 0 Å². The van der Waals surface area contributed by atoms with Gasteiger partial charge in [-0.15, -0.1) is 0 Å². The summed E-state index contributed by atoms with van der Waals surface area (Å²) in [7, 11) is 0. The highest BCUT2D eigenvalue weighted by Crippen LogP contribution is 2.27. The van der Waals surface area contributed by atoms with Gasteiger partial charge in [0.05, 0.1) is 17.3 Å². The first-order valence-corrected chi connectivity index (χ1v) is 9.63.